The van der Waals surface area contributed by atoms with Crippen LogP contribution in [0.1, 0.15) is 24.3 Å². The topological polar surface area (TPSA) is 92.9 Å². The lowest BCUT2D eigenvalue weighted by Crippen LogP contribution is -2.28. The SMILES string of the molecule is CC(NC(=O)CSc1n[nH]c(=O)n1CCc1ccccc1)c1ccco1. The van der Waals surface area contributed by atoms with Crippen LogP contribution in [0.3, 0.4) is 0 Å². The van der Waals surface area contributed by atoms with Crippen molar-refractivity contribution in [3.05, 3.63) is 70.5 Å². The minimum absolute atomic E-state index is 0.149. The molecule has 0 saturated carbocycles. The minimum Gasteiger partial charge on any atom is -0.467 e. The summed E-state index contributed by atoms with van der Waals surface area (Å²) in [5.41, 5.74) is 0.870. The van der Waals surface area contributed by atoms with E-state index in [2.05, 4.69) is 15.5 Å². The average molecular weight is 372 g/mol. The van der Waals surface area contributed by atoms with Gasteiger partial charge in [-0.25, -0.2) is 9.89 Å². The van der Waals surface area contributed by atoms with E-state index in [0.717, 1.165) is 12.0 Å². The van der Waals surface area contributed by atoms with Crippen LogP contribution < -0.4 is 11.0 Å². The van der Waals surface area contributed by atoms with Crippen molar-refractivity contribution in [1.29, 1.82) is 0 Å². The van der Waals surface area contributed by atoms with E-state index in [1.54, 1.807) is 16.9 Å². The summed E-state index contributed by atoms with van der Waals surface area (Å²) in [6.45, 7) is 2.36. The number of aromatic nitrogens is 3. The molecular formula is C18H20N4O3S. The van der Waals surface area contributed by atoms with Crippen molar-refractivity contribution < 1.29 is 9.21 Å². The molecule has 136 valence electrons. The van der Waals surface area contributed by atoms with Gasteiger partial charge in [-0.15, -0.1) is 5.10 Å². The molecule has 2 heterocycles. The predicted molar refractivity (Wildman–Crippen MR) is 99.0 cm³/mol. The Morgan fingerprint density at radius 3 is 2.85 bits per heavy atom. The quantitative estimate of drug-likeness (QED) is 0.592. The lowest BCUT2D eigenvalue weighted by atomic mass is 10.1. The molecule has 0 aliphatic heterocycles. The molecule has 7 nitrogen and oxygen atoms in total. The highest BCUT2D eigenvalue weighted by molar-refractivity contribution is 7.99. The van der Waals surface area contributed by atoms with Crippen molar-refractivity contribution in [3.63, 3.8) is 0 Å². The van der Waals surface area contributed by atoms with Crippen molar-refractivity contribution in [2.75, 3.05) is 5.75 Å². The number of thioether (sulfide) groups is 1. The maximum Gasteiger partial charge on any atom is 0.343 e. The number of carbonyl (C=O) groups excluding carboxylic acids is 1. The molecule has 3 aromatic rings. The summed E-state index contributed by atoms with van der Waals surface area (Å²) in [4.78, 5) is 24.1. The van der Waals surface area contributed by atoms with Crippen molar-refractivity contribution in [2.45, 2.75) is 31.1 Å². The van der Waals surface area contributed by atoms with Gasteiger partial charge in [-0.2, -0.15) is 0 Å². The summed E-state index contributed by atoms with van der Waals surface area (Å²) in [6, 6.07) is 13.3. The molecule has 0 spiro atoms. The van der Waals surface area contributed by atoms with Crippen LogP contribution in [-0.2, 0) is 17.8 Å². The lowest BCUT2D eigenvalue weighted by molar-refractivity contribution is -0.119. The Hall–Kier alpha value is -2.74. The number of hydrogen-bond donors (Lipinski definition) is 2. The van der Waals surface area contributed by atoms with E-state index in [-0.39, 0.29) is 23.4 Å². The molecule has 26 heavy (non-hydrogen) atoms. The highest BCUT2D eigenvalue weighted by Crippen LogP contribution is 2.16. The Labute approximate surface area is 154 Å². The summed E-state index contributed by atoms with van der Waals surface area (Å²) >= 11 is 1.23. The van der Waals surface area contributed by atoms with Crippen LogP contribution in [0.5, 0.6) is 0 Å². The van der Waals surface area contributed by atoms with E-state index < -0.39 is 0 Å². The molecule has 0 saturated heterocycles. The smallest absolute Gasteiger partial charge is 0.343 e. The number of aromatic amines is 1. The van der Waals surface area contributed by atoms with Crippen LogP contribution >= 0.6 is 11.8 Å². The molecule has 1 unspecified atom stereocenters. The molecule has 1 atom stereocenters. The van der Waals surface area contributed by atoms with Crippen LogP contribution in [0.2, 0.25) is 0 Å². The number of furan rings is 1. The third-order valence-electron chi connectivity index (χ3n) is 3.87. The normalized spacial score (nSPS) is 12.0. The highest BCUT2D eigenvalue weighted by atomic mass is 32.2. The molecule has 0 aliphatic rings. The third kappa shape index (κ3) is 4.66. The van der Waals surface area contributed by atoms with E-state index in [0.29, 0.717) is 17.5 Å². The zero-order valence-electron chi connectivity index (χ0n) is 14.3. The fourth-order valence-corrected chi connectivity index (χ4v) is 3.30. The zero-order chi connectivity index (χ0) is 18.4. The molecule has 3 rings (SSSR count). The molecule has 0 aliphatic carbocycles. The Bertz CT molecular complexity index is 887. The molecule has 8 heteroatoms. The number of hydrogen-bond acceptors (Lipinski definition) is 5. The number of rotatable bonds is 8. The Morgan fingerprint density at radius 1 is 1.31 bits per heavy atom. The van der Waals surface area contributed by atoms with Gasteiger partial charge >= 0.3 is 5.69 Å². The van der Waals surface area contributed by atoms with Crippen molar-refractivity contribution in [1.82, 2.24) is 20.1 Å². The second kappa shape index (κ2) is 8.57. The van der Waals surface area contributed by atoms with Crippen molar-refractivity contribution >= 4 is 17.7 Å². The summed E-state index contributed by atoms with van der Waals surface area (Å²) in [5, 5.41) is 9.83. The van der Waals surface area contributed by atoms with Crippen molar-refractivity contribution in [2.24, 2.45) is 0 Å². The second-order valence-corrected chi connectivity index (χ2v) is 6.73. The number of carbonyl (C=O) groups is 1. The maximum absolute atomic E-state index is 12.1. The highest BCUT2D eigenvalue weighted by Gasteiger charge is 2.14. The van der Waals surface area contributed by atoms with E-state index >= 15 is 0 Å². The van der Waals surface area contributed by atoms with E-state index in [9.17, 15) is 9.59 Å². The first kappa shape index (κ1) is 18.1. The molecule has 2 aromatic heterocycles. The largest absolute Gasteiger partial charge is 0.467 e. The molecule has 0 radical (unpaired) electrons. The van der Waals surface area contributed by atoms with Crippen LogP contribution in [-0.4, -0.2) is 26.4 Å². The van der Waals surface area contributed by atoms with Gasteiger partial charge in [0.2, 0.25) is 5.91 Å². The van der Waals surface area contributed by atoms with E-state index in [1.165, 1.54) is 11.8 Å². The molecule has 0 bridgehead atoms. The van der Waals surface area contributed by atoms with Crippen LogP contribution in [0.4, 0.5) is 0 Å². The van der Waals surface area contributed by atoms with Crippen LogP contribution in [0.25, 0.3) is 0 Å². The van der Waals surface area contributed by atoms with Gasteiger partial charge in [-0.3, -0.25) is 9.36 Å². The van der Waals surface area contributed by atoms with E-state index in [1.807, 2.05) is 43.3 Å². The monoisotopic (exact) mass is 372 g/mol. The van der Waals surface area contributed by atoms with Gasteiger partial charge in [0, 0.05) is 6.54 Å². The first-order chi connectivity index (χ1) is 12.6. The number of nitrogens with zero attached hydrogens (tertiary/aromatic N) is 2. The second-order valence-electron chi connectivity index (χ2n) is 5.79. The Balaban J connectivity index is 1.55. The summed E-state index contributed by atoms with van der Waals surface area (Å²) in [6.07, 6.45) is 2.29. The van der Waals surface area contributed by atoms with Gasteiger partial charge < -0.3 is 9.73 Å². The molecule has 1 amide bonds. The summed E-state index contributed by atoms with van der Waals surface area (Å²) in [7, 11) is 0. The standard InChI is InChI=1S/C18H20N4O3S/c1-13(15-8-5-11-25-15)19-16(23)12-26-18-21-20-17(24)22(18)10-9-14-6-3-2-4-7-14/h2-8,11,13H,9-10,12H2,1H3,(H,19,23)(H,20,24). The number of amides is 1. The van der Waals surface area contributed by atoms with Crippen LogP contribution in [0.15, 0.2) is 63.1 Å². The molecule has 2 N–H and O–H groups in total. The van der Waals surface area contributed by atoms with Crippen molar-refractivity contribution in [3.8, 4) is 0 Å². The first-order valence-electron chi connectivity index (χ1n) is 8.28. The molecule has 0 fully saturated rings. The van der Waals surface area contributed by atoms with Gasteiger partial charge in [-0.05, 0) is 31.0 Å². The predicted octanol–water partition coefficient (Wildman–Crippen LogP) is 2.38. The number of benzene rings is 1. The van der Waals surface area contributed by atoms with E-state index in [4.69, 9.17) is 4.42 Å². The van der Waals surface area contributed by atoms with Gasteiger partial charge in [0.05, 0.1) is 18.1 Å². The van der Waals surface area contributed by atoms with Gasteiger partial charge in [0.1, 0.15) is 5.76 Å². The number of H-pyrrole nitrogens is 1. The average Bonchev–Trinajstić information content (AvgIpc) is 3.29. The maximum atomic E-state index is 12.1. The molecule has 1 aromatic carbocycles. The third-order valence-corrected chi connectivity index (χ3v) is 4.85. The Kier molecular flexibility index (Phi) is 5.96. The number of aryl methyl sites for hydroxylation is 1. The Morgan fingerprint density at radius 2 is 2.12 bits per heavy atom. The van der Waals surface area contributed by atoms with Gasteiger partial charge in [-0.1, -0.05) is 42.1 Å². The molecular weight excluding hydrogens is 352 g/mol. The summed E-state index contributed by atoms with van der Waals surface area (Å²) in [5.74, 6) is 0.715. The minimum atomic E-state index is -0.271. The van der Waals surface area contributed by atoms with Crippen LogP contribution in [0, 0.1) is 0 Å². The fourth-order valence-electron chi connectivity index (χ4n) is 2.52. The van der Waals surface area contributed by atoms with Gasteiger partial charge in [0.15, 0.2) is 5.16 Å². The first-order valence-corrected chi connectivity index (χ1v) is 9.26. The summed E-state index contributed by atoms with van der Waals surface area (Å²) < 4.78 is 6.83. The van der Waals surface area contributed by atoms with Gasteiger partial charge in [0.25, 0.3) is 0 Å². The number of nitrogens with one attached hydrogen (secondary N) is 2. The zero-order valence-corrected chi connectivity index (χ0v) is 15.2. The lowest BCUT2D eigenvalue weighted by Gasteiger charge is -2.11. The fraction of sp³-hybridized carbons (Fsp3) is 0.278.